The van der Waals surface area contributed by atoms with Gasteiger partial charge in [0.05, 0.1) is 59.8 Å². The van der Waals surface area contributed by atoms with Crippen molar-refractivity contribution in [3.05, 3.63) is 52.9 Å². The normalized spacial score (nSPS) is 18.8. The van der Waals surface area contributed by atoms with Gasteiger partial charge in [0.1, 0.15) is 18.5 Å². The largest absolute Gasteiger partial charge is 0.493 e. The summed E-state index contributed by atoms with van der Waals surface area (Å²) >= 11 is 6.35. The summed E-state index contributed by atoms with van der Waals surface area (Å²) in [5.74, 6) is 0.889. The molecule has 1 atom stereocenters. The number of hydrogen-bond donors (Lipinski definition) is 3. The van der Waals surface area contributed by atoms with Crippen LogP contribution in [0.2, 0.25) is 5.02 Å². The number of amides is 1. The number of fused-ring (bicyclic) bond motifs is 1. The molecule has 0 spiro atoms. The van der Waals surface area contributed by atoms with Crippen LogP contribution in [0.15, 0.2) is 36.7 Å². The van der Waals surface area contributed by atoms with Gasteiger partial charge >= 0.3 is 0 Å². The van der Waals surface area contributed by atoms with E-state index in [1.165, 1.54) is 0 Å². The fourth-order valence-electron chi connectivity index (χ4n) is 4.36. The SMILES string of the molecule is COc1c(Cl)cccc1Nc1c(-c2ccncc2OC[C@H]2COC(C)(C)CO2)[nH]c2c1C(=O)NCC2. The number of benzene rings is 1. The molecule has 9 nitrogen and oxygen atoms in total. The lowest BCUT2D eigenvalue weighted by Crippen LogP contribution is -2.44. The topological polar surface area (TPSA) is 107 Å². The predicted octanol–water partition coefficient (Wildman–Crippen LogP) is 4.34. The summed E-state index contributed by atoms with van der Waals surface area (Å²) in [6.07, 6.45) is 3.83. The van der Waals surface area contributed by atoms with E-state index < -0.39 is 0 Å². The molecule has 0 radical (unpaired) electrons. The van der Waals surface area contributed by atoms with E-state index in [-0.39, 0.29) is 17.6 Å². The van der Waals surface area contributed by atoms with Crippen molar-refractivity contribution >= 4 is 28.9 Å². The van der Waals surface area contributed by atoms with Gasteiger partial charge in [0, 0.05) is 30.4 Å². The maximum Gasteiger partial charge on any atom is 0.255 e. The lowest BCUT2D eigenvalue weighted by molar-refractivity contribution is -0.181. The number of aromatic nitrogens is 2. The molecule has 1 saturated heterocycles. The molecule has 4 heterocycles. The van der Waals surface area contributed by atoms with Crippen molar-refractivity contribution in [1.82, 2.24) is 15.3 Å². The molecule has 36 heavy (non-hydrogen) atoms. The fraction of sp³-hybridized carbons (Fsp3) is 0.385. The first-order chi connectivity index (χ1) is 17.4. The second-order valence-electron chi connectivity index (χ2n) is 9.37. The molecule has 10 heteroatoms. The second kappa shape index (κ2) is 10.0. The fourth-order valence-corrected chi connectivity index (χ4v) is 4.61. The van der Waals surface area contributed by atoms with Crippen LogP contribution >= 0.6 is 11.6 Å². The molecule has 190 valence electrons. The van der Waals surface area contributed by atoms with Gasteiger partial charge in [0.2, 0.25) is 0 Å². The van der Waals surface area contributed by atoms with Crippen molar-refractivity contribution in [2.45, 2.75) is 32.0 Å². The number of halogens is 1. The number of nitrogens with zero attached hydrogens (tertiary/aromatic N) is 1. The summed E-state index contributed by atoms with van der Waals surface area (Å²) in [7, 11) is 1.56. The van der Waals surface area contributed by atoms with Crippen LogP contribution in [0.1, 0.15) is 29.9 Å². The number of hydrogen-bond acceptors (Lipinski definition) is 7. The van der Waals surface area contributed by atoms with E-state index in [0.29, 0.717) is 71.9 Å². The number of anilines is 2. The molecule has 1 amide bonds. The number of H-pyrrole nitrogens is 1. The first-order valence-corrected chi connectivity index (χ1v) is 12.2. The third-order valence-corrected chi connectivity index (χ3v) is 6.50. The number of nitrogens with one attached hydrogen (secondary N) is 3. The van der Waals surface area contributed by atoms with Gasteiger partial charge < -0.3 is 34.6 Å². The molecule has 0 unspecified atom stereocenters. The Kier molecular flexibility index (Phi) is 6.79. The van der Waals surface area contributed by atoms with Crippen LogP contribution < -0.4 is 20.1 Å². The second-order valence-corrected chi connectivity index (χ2v) is 9.77. The predicted molar refractivity (Wildman–Crippen MR) is 137 cm³/mol. The quantitative estimate of drug-likeness (QED) is 0.432. The Morgan fingerprint density at radius 1 is 1.31 bits per heavy atom. The van der Waals surface area contributed by atoms with Crippen LogP contribution in [0.3, 0.4) is 0 Å². The Hall–Kier alpha value is -3.27. The van der Waals surface area contributed by atoms with Crippen molar-refractivity contribution in [3.8, 4) is 22.8 Å². The van der Waals surface area contributed by atoms with Gasteiger partial charge in [-0.1, -0.05) is 17.7 Å². The standard InChI is InChI=1S/C26H29ClN4O5/c1-26(2)14-35-15(13-36-26)12-34-20-11-28-9-7-16(20)22-23(21-18(30-22)8-10-29-25(21)32)31-19-6-4-5-17(27)24(19)33-3/h4-7,9,11,15,30-31H,8,10,12-14H2,1-3H3,(H,29,32)/t15-/m0/s1. The van der Waals surface area contributed by atoms with E-state index in [1.807, 2.05) is 32.0 Å². The molecule has 5 rings (SSSR count). The molecule has 1 fully saturated rings. The molecule has 2 aromatic heterocycles. The van der Waals surface area contributed by atoms with Crippen molar-refractivity contribution in [2.24, 2.45) is 0 Å². The molecule has 0 saturated carbocycles. The van der Waals surface area contributed by atoms with Crippen LogP contribution in [0.25, 0.3) is 11.3 Å². The van der Waals surface area contributed by atoms with Crippen LogP contribution in [0.4, 0.5) is 11.4 Å². The molecule has 3 N–H and O–H groups in total. The van der Waals surface area contributed by atoms with Gasteiger partial charge in [-0.2, -0.15) is 0 Å². The minimum atomic E-state index is -0.304. The number of aromatic amines is 1. The maximum atomic E-state index is 12.9. The Morgan fingerprint density at radius 2 is 2.17 bits per heavy atom. The number of ether oxygens (including phenoxy) is 4. The van der Waals surface area contributed by atoms with E-state index in [1.54, 1.807) is 25.6 Å². The van der Waals surface area contributed by atoms with E-state index >= 15 is 0 Å². The average molecular weight is 513 g/mol. The summed E-state index contributed by atoms with van der Waals surface area (Å²) in [5, 5.41) is 6.78. The lowest BCUT2D eigenvalue weighted by atomic mass is 10.0. The van der Waals surface area contributed by atoms with E-state index in [4.69, 9.17) is 30.5 Å². The maximum absolute atomic E-state index is 12.9. The van der Waals surface area contributed by atoms with Crippen molar-refractivity contribution < 1.29 is 23.7 Å². The molecule has 0 bridgehead atoms. The summed E-state index contributed by atoms with van der Waals surface area (Å²) in [6.45, 7) is 5.79. The Morgan fingerprint density at radius 3 is 2.94 bits per heavy atom. The number of carbonyl (C=O) groups excluding carboxylic acids is 1. The molecule has 2 aliphatic heterocycles. The van der Waals surface area contributed by atoms with Gasteiger partial charge in [-0.05, 0) is 32.0 Å². The van der Waals surface area contributed by atoms with Gasteiger partial charge in [-0.15, -0.1) is 0 Å². The number of methoxy groups -OCH3 is 1. The summed E-state index contributed by atoms with van der Waals surface area (Å²) in [6, 6.07) is 7.27. The number of carbonyl (C=O) groups is 1. The third-order valence-electron chi connectivity index (χ3n) is 6.20. The molecule has 2 aliphatic rings. The Balaban J connectivity index is 1.50. The smallest absolute Gasteiger partial charge is 0.255 e. The van der Waals surface area contributed by atoms with Crippen molar-refractivity contribution in [2.75, 3.05) is 38.8 Å². The van der Waals surface area contributed by atoms with Crippen molar-refractivity contribution in [3.63, 3.8) is 0 Å². The summed E-state index contributed by atoms with van der Waals surface area (Å²) in [4.78, 5) is 20.6. The summed E-state index contributed by atoms with van der Waals surface area (Å²) < 4.78 is 23.5. The number of pyridine rings is 1. The molecule has 3 aromatic rings. The molecular weight excluding hydrogens is 484 g/mol. The highest BCUT2D eigenvalue weighted by Gasteiger charge is 2.31. The van der Waals surface area contributed by atoms with Crippen LogP contribution in [-0.4, -0.2) is 61.1 Å². The minimum Gasteiger partial charge on any atom is -0.493 e. The van der Waals surface area contributed by atoms with Crippen LogP contribution in [-0.2, 0) is 15.9 Å². The van der Waals surface area contributed by atoms with Gasteiger partial charge in [0.15, 0.2) is 5.75 Å². The lowest BCUT2D eigenvalue weighted by Gasteiger charge is -2.34. The van der Waals surface area contributed by atoms with E-state index in [9.17, 15) is 4.79 Å². The zero-order chi connectivity index (χ0) is 25.3. The first kappa shape index (κ1) is 24.4. The van der Waals surface area contributed by atoms with Crippen molar-refractivity contribution in [1.29, 1.82) is 0 Å². The third kappa shape index (κ3) is 4.86. The number of rotatable bonds is 7. The van der Waals surface area contributed by atoms with Crippen LogP contribution in [0.5, 0.6) is 11.5 Å². The highest BCUT2D eigenvalue weighted by atomic mass is 35.5. The molecule has 1 aromatic carbocycles. The Bertz CT molecular complexity index is 1270. The van der Waals surface area contributed by atoms with Gasteiger partial charge in [0.25, 0.3) is 5.91 Å². The minimum absolute atomic E-state index is 0.158. The number of para-hydroxylation sites is 1. The zero-order valence-corrected chi connectivity index (χ0v) is 21.2. The first-order valence-electron chi connectivity index (χ1n) is 11.8. The Labute approximate surface area is 214 Å². The zero-order valence-electron chi connectivity index (χ0n) is 20.4. The highest BCUT2D eigenvalue weighted by Crippen LogP contribution is 2.42. The molecular formula is C26H29ClN4O5. The average Bonchev–Trinajstić information content (AvgIpc) is 3.23. The summed E-state index contributed by atoms with van der Waals surface area (Å²) in [5.41, 5.74) is 3.79. The van der Waals surface area contributed by atoms with Gasteiger partial charge in [-0.25, -0.2) is 0 Å². The monoisotopic (exact) mass is 512 g/mol. The van der Waals surface area contributed by atoms with E-state index in [0.717, 1.165) is 11.3 Å². The van der Waals surface area contributed by atoms with Crippen LogP contribution in [0, 0.1) is 0 Å². The van der Waals surface area contributed by atoms with E-state index in [2.05, 4.69) is 20.6 Å². The molecule has 0 aliphatic carbocycles. The van der Waals surface area contributed by atoms with Gasteiger partial charge in [-0.3, -0.25) is 9.78 Å². The highest BCUT2D eigenvalue weighted by molar-refractivity contribution is 6.32.